The predicted octanol–water partition coefficient (Wildman–Crippen LogP) is 1.65. The van der Waals surface area contributed by atoms with E-state index in [1.165, 1.54) is 38.4 Å². The number of aromatic nitrogens is 1. The van der Waals surface area contributed by atoms with Crippen LogP contribution in [0.15, 0.2) is 33.7 Å². The van der Waals surface area contributed by atoms with Crippen LogP contribution in [0.25, 0.3) is 0 Å². The van der Waals surface area contributed by atoms with Crippen LogP contribution >= 0.6 is 0 Å². The van der Waals surface area contributed by atoms with Crippen LogP contribution in [0.2, 0.25) is 0 Å². The summed E-state index contributed by atoms with van der Waals surface area (Å²) in [6.45, 7) is 3.51. The van der Waals surface area contributed by atoms with Crippen molar-refractivity contribution in [2.75, 3.05) is 19.5 Å². The molecule has 0 fully saturated rings. The Hall–Kier alpha value is -2.23. The van der Waals surface area contributed by atoms with Crippen molar-refractivity contribution in [2.24, 2.45) is 0 Å². The summed E-state index contributed by atoms with van der Waals surface area (Å²) in [5, 5.41) is 6.51. The third-order valence-electron chi connectivity index (χ3n) is 3.55. The molecule has 0 saturated carbocycles. The summed E-state index contributed by atoms with van der Waals surface area (Å²) in [6.07, 6.45) is 0.133. The van der Waals surface area contributed by atoms with Crippen molar-refractivity contribution in [1.82, 2.24) is 9.63 Å². The molecule has 0 saturated heterocycles. The maximum Gasteiger partial charge on any atom is 0.264 e. The fourth-order valence-corrected chi connectivity index (χ4v) is 3.05. The quantitative estimate of drug-likeness (QED) is 0.793. The maximum atomic E-state index is 12.1. The zero-order valence-corrected chi connectivity index (χ0v) is 14.7. The van der Waals surface area contributed by atoms with E-state index in [2.05, 4.69) is 10.5 Å². The van der Waals surface area contributed by atoms with E-state index >= 15 is 0 Å². The monoisotopic (exact) mass is 353 g/mol. The minimum absolute atomic E-state index is 0.0653. The van der Waals surface area contributed by atoms with Gasteiger partial charge in [0, 0.05) is 18.3 Å². The standard InChI is InChI=1S/C15H19N3O5S/c1-10-14(11(2)23-17-10)9-15(19)16-12-5-7-13(8-6-12)24(20,21)18(3)22-4/h5-8H,9H2,1-4H3,(H,16,19). The van der Waals surface area contributed by atoms with Gasteiger partial charge in [0.25, 0.3) is 10.0 Å². The Morgan fingerprint density at radius 2 is 1.92 bits per heavy atom. The van der Waals surface area contributed by atoms with Gasteiger partial charge >= 0.3 is 0 Å². The Morgan fingerprint density at radius 1 is 1.29 bits per heavy atom. The number of carbonyl (C=O) groups excluding carboxylic acids is 1. The molecule has 1 heterocycles. The van der Waals surface area contributed by atoms with E-state index in [0.717, 1.165) is 10.0 Å². The number of hydrogen-bond acceptors (Lipinski definition) is 6. The number of nitrogens with one attached hydrogen (secondary N) is 1. The molecule has 24 heavy (non-hydrogen) atoms. The maximum absolute atomic E-state index is 12.1. The molecule has 1 aromatic heterocycles. The number of hydroxylamine groups is 1. The van der Waals surface area contributed by atoms with Gasteiger partial charge in [-0.3, -0.25) is 9.63 Å². The van der Waals surface area contributed by atoms with E-state index in [0.29, 0.717) is 17.1 Å². The molecular weight excluding hydrogens is 334 g/mol. The summed E-state index contributed by atoms with van der Waals surface area (Å²) < 4.78 is 29.9. The molecule has 1 aromatic carbocycles. The average molecular weight is 353 g/mol. The minimum atomic E-state index is -3.71. The molecule has 1 amide bonds. The lowest BCUT2D eigenvalue weighted by atomic mass is 10.1. The average Bonchev–Trinajstić information content (AvgIpc) is 2.86. The topological polar surface area (TPSA) is 102 Å². The van der Waals surface area contributed by atoms with Gasteiger partial charge in [0.2, 0.25) is 5.91 Å². The van der Waals surface area contributed by atoms with Crippen LogP contribution in [0.3, 0.4) is 0 Å². The van der Waals surface area contributed by atoms with Gasteiger partial charge in [-0.25, -0.2) is 8.42 Å². The summed E-state index contributed by atoms with van der Waals surface area (Å²) in [5.74, 6) is 0.362. The van der Waals surface area contributed by atoms with Crippen LogP contribution in [0.4, 0.5) is 5.69 Å². The van der Waals surface area contributed by atoms with Crippen LogP contribution in [0.5, 0.6) is 0 Å². The van der Waals surface area contributed by atoms with Gasteiger partial charge < -0.3 is 9.84 Å². The highest BCUT2D eigenvalue weighted by molar-refractivity contribution is 7.89. The first kappa shape index (κ1) is 18.1. The van der Waals surface area contributed by atoms with E-state index in [1.807, 2.05) is 0 Å². The first-order valence-electron chi connectivity index (χ1n) is 7.10. The molecule has 2 aromatic rings. The molecule has 8 nitrogen and oxygen atoms in total. The SMILES string of the molecule is CON(C)S(=O)(=O)c1ccc(NC(=O)Cc2c(C)noc2C)cc1. The van der Waals surface area contributed by atoms with Crippen molar-refractivity contribution >= 4 is 21.6 Å². The van der Waals surface area contributed by atoms with Gasteiger partial charge in [-0.05, 0) is 38.1 Å². The van der Waals surface area contributed by atoms with Gasteiger partial charge in [0.15, 0.2) is 0 Å². The lowest BCUT2D eigenvalue weighted by molar-refractivity contribution is -0.115. The second-order valence-corrected chi connectivity index (χ2v) is 7.09. The lowest BCUT2D eigenvalue weighted by Gasteiger charge is -2.14. The van der Waals surface area contributed by atoms with Crippen molar-refractivity contribution < 1.29 is 22.6 Å². The highest BCUT2D eigenvalue weighted by Gasteiger charge is 2.20. The van der Waals surface area contributed by atoms with Gasteiger partial charge in [-0.1, -0.05) is 9.63 Å². The largest absolute Gasteiger partial charge is 0.361 e. The second kappa shape index (κ2) is 7.12. The number of aryl methyl sites for hydroxylation is 2. The van der Waals surface area contributed by atoms with Crippen molar-refractivity contribution in [2.45, 2.75) is 25.2 Å². The van der Waals surface area contributed by atoms with Crippen LogP contribution in [-0.2, 0) is 26.1 Å². The van der Waals surface area contributed by atoms with Gasteiger partial charge in [-0.15, -0.1) is 0 Å². The molecule has 2 rings (SSSR count). The first-order chi connectivity index (χ1) is 11.3. The molecule has 0 aliphatic carbocycles. The highest BCUT2D eigenvalue weighted by atomic mass is 32.2. The zero-order chi connectivity index (χ0) is 17.9. The number of hydrogen-bond donors (Lipinski definition) is 1. The fourth-order valence-electron chi connectivity index (χ4n) is 2.08. The smallest absolute Gasteiger partial charge is 0.264 e. The van der Waals surface area contributed by atoms with Crippen LogP contribution < -0.4 is 5.32 Å². The van der Waals surface area contributed by atoms with E-state index in [-0.39, 0.29) is 17.2 Å². The second-order valence-electron chi connectivity index (χ2n) is 5.15. The Bertz CT molecular complexity index is 808. The molecule has 0 aliphatic rings. The van der Waals surface area contributed by atoms with Gasteiger partial charge in [0.1, 0.15) is 5.76 Å². The lowest BCUT2D eigenvalue weighted by Crippen LogP contribution is -2.25. The Kier molecular flexibility index (Phi) is 5.37. The minimum Gasteiger partial charge on any atom is -0.361 e. The summed E-state index contributed by atoms with van der Waals surface area (Å²) in [5.41, 5.74) is 1.91. The van der Waals surface area contributed by atoms with E-state index < -0.39 is 10.0 Å². The van der Waals surface area contributed by atoms with Gasteiger partial charge in [-0.2, -0.15) is 0 Å². The molecule has 0 spiro atoms. The molecule has 130 valence electrons. The first-order valence-corrected chi connectivity index (χ1v) is 8.54. The summed E-state index contributed by atoms with van der Waals surface area (Å²) in [4.78, 5) is 16.9. The van der Waals surface area contributed by atoms with Gasteiger partial charge in [0.05, 0.1) is 24.1 Å². The number of carbonyl (C=O) groups is 1. The predicted molar refractivity (Wildman–Crippen MR) is 86.7 cm³/mol. The van der Waals surface area contributed by atoms with E-state index in [1.54, 1.807) is 13.8 Å². The van der Waals surface area contributed by atoms with E-state index in [9.17, 15) is 13.2 Å². The normalized spacial score (nSPS) is 11.7. The zero-order valence-electron chi connectivity index (χ0n) is 13.9. The summed E-state index contributed by atoms with van der Waals surface area (Å²) in [6, 6.07) is 5.83. The van der Waals surface area contributed by atoms with Crippen LogP contribution in [0, 0.1) is 13.8 Å². The molecule has 0 aliphatic heterocycles. The fraction of sp³-hybridized carbons (Fsp3) is 0.333. The molecular formula is C15H19N3O5S. The summed E-state index contributed by atoms with van der Waals surface area (Å²) >= 11 is 0. The Labute approximate surface area is 140 Å². The molecule has 0 atom stereocenters. The number of rotatable bonds is 6. The van der Waals surface area contributed by atoms with Crippen LogP contribution in [-0.4, -0.2) is 38.1 Å². The number of sulfonamides is 1. The number of nitrogens with zero attached hydrogens (tertiary/aromatic N) is 2. The van der Waals surface area contributed by atoms with Crippen molar-refractivity contribution in [3.8, 4) is 0 Å². The molecule has 0 bridgehead atoms. The third kappa shape index (κ3) is 3.81. The number of benzene rings is 1. The van der Waals surface area contributed by atoms with Crippen LogP contribution in [0.1, 0.15) is 17.0 Å². The summed E-state index contributed by atoms with van der Waals surface area (Å²) in [7, 11) is -1.14. The third-order valence-corrected chi connectivity index (χ3v) is 5.24. The highest BCUT2D eigenvalue weighted by Crippen LogP contribution is 2.18. The Morgan fingerprint density at radius 3 is 2.42 bits per heavy atom. The van der Waals surface area contributed by atoms with Crippen molar-refractivity contribution in [3.63, 3.8) is 0 Å². The Balaban J connectivity index is 2.08. The molecule has 9 heteroatoms. The van der Waals surface area contributed by atoms with Crippen molar-refractivity contribution in [1.29, 1.82) is 0 Å². The van der Waals surface area contributed by atoms with E-state index in [4.69, 9.17) is 9.36 Å². The number of amides is 1. The number of anilines is 1. The molecule has 0 unspecified atom stereocenters. The molecule has 1 N–H and O–H groups in total. The van der Waals surface area contributed by atoms with Crippen molar-refractivity contribution in [3.05, 3.63) is 41.3 Å². The molecule has 0 radical (unpaired) electrons.